The summed E-state index contributed by atoms with van der Waals surface area (Å²) in [6, 6.07) is 10.4. The van der Waals surface area contributed by atoms with Crippen LogP contribution in [0.5, 0.6) is 11.6 Å². The topological polar surface area (TPSA) is 90.1 Å². The average molecular weight is 457 g/mol. The maximum absolute atomic E-state index is 12.7. The fourth-order valence-corrected chi connectivity index (χ4v) is 3.08. The molecule has 0 bridgehead atoms. The molecule has 0 saturated heterocycles. The van der Waals surface area contributed by atoms with Crippen LogP contribution in [0.2, 0.25) is 0 Å². The molecule has 0 radical (unpaired) electrons. The van der Waals surface area contributed by atoms with Crippen LogP contribution in [0.1, 0.15) is 60.7 Å². The van der Waals surface area contributed by atoms with Crippen molar-refractivity contribution in [3.63, 3.8) is 0 Å². The standard InChI is InChI=1S/C21H21BrN4O3/c1-12(2)18(21-25-19(26-29-21)13-3-4-13)24-20(27)14-5-10-17(23-11-14)28-16-8-6-15(22)7-9-16/h5-13,18H,3-4H2,1-2H3,(H,24,27). The quantitative estimate of drug-likeness (QED) is 0.536. The third-order valence-electron chi connectivity index (χ3n) is 4.65. The van der Waals surface area contributed by atoms with E-state index in [4.69, 9.17) is 9.26 Å². The molecule has 29 heavy (non-hydrogen) atoms. The van der Waals surface area contributed by atoms with Crippen LogP contribution in [0, 0.1) is 5.92 Å². The van der Waals surface area contributed by atoms with Crippen molar-refractivity contribution in [2.45, 2.75) is 38.6 Å². The van der Waals surface area contributed by atoms with Crippen LogP contribution in [0.4, 0.5) is 0 Å². The smallest absolute Gasteiger partial charge is 0.253 e. The number of carbonyl (C=O) groups excluding carboxylic acids is 1. The fourth-order valence-electron chi connectivity index (χ4n) is 2.82. The summed E-state index contributed by atoms with van der Waals surface area (Å²) in [5.74, 6) is 2.50. The first kappa shape index (κ1) is 19.6. The normalized spacial score (nSPS) is 14.6. The van der Waals surface area contributed by atoms with Gasteiger partial charge in [-0.05, 0) is 49.1 Å². The van der Waals surface area contributed by atoms with E-state index in [0.717, 1.165) is 23.1 Å². The summed E-state index contributed by atoms with van der Waals surface area (Å²) in [5, 5.41) is 7.03. The second-order valence-electron chi connectivity index (χ2n) is 7.40. The molecule has 1 aliphatic rings. The zero-order valence-corrected chi connectivity index (χ0v) is 17.7. The van der Waals surface area contributed by atoms with E-state index in [0.29, 0.717) is 29.0 Å². The van der Waals surface area contributed by atoms with Crippen molar-refractivity contribution >= 4 is 21.8 Å². The third kappa shape index (κ3) is 4.82. The minimum Gasteiger partial charge on any atom is -0.439 e. The number of carbonyl (C=O) groups is 1. The number of aromatic nitrogens is 3. The molecule has 2 heterocycles. The number of nitrogens with one attached hydrogen (secondary N) is 1. The number of hydrogen-bond acceptors (Lipinski definition) is 6. The molecule has 1 unspecified atom stereocenters. The first-order valence-corrected chi connectivity index (χ1v) is 10.3. The molecule has 1 N–H and O–H groups in total. The number of benzene rings is 1. The lowest BCUT2D eigenvalue weighted by Gasteiger charge is -2.18. The molecule has 8 heteroatoms. The SMILES string of the molecule is CC(C)C(NC(=O)c1ccc(Oc2ccc(Br)cc2)nc1)c1nc(C2CC2)no1. The average Bonchev–Trinajstić information content (AvgIpc) is 3.45. The number of halogens is 1. The van der Waals surface area contributed by atoms with Gasteiger partial charge in [0.25, 0.3) is 5.91 Å². The molecule has 1 fully saturated rings. The van der Waals surface area contributed by atoms with Gasteiger partial charge >= 0.3 is 0 Å². The highest BCUT2D eigenvalue weighted by molar-refractivity contribution is 9.10. The number of pyridine rings is 1. The molecule has 2 aromatic heterocycles. The molecule has 1 aromatic carbocycles. The van der Waals surface area contributed by atoms with Crippen molar-refractivity contribution in [2.24, 2.45) is 5.92 Å². The molecule has 7 nitrogen and oxygen atoms in total. The van der Waals surface area contributed by atoms with E-state index in [2.05, 4.69) is 36.4 Å². The van der Waals surface area contributed by atoms with Gasteiger partial charge in [0.15, 0.2) is 5.82 Å². The van der Waals surface area contributed by atoms with Gasteiger partial charge in [-0.15, -0.1) is 0 Å². The highest BCUT2D eigenvalue weighted by Crippen LogP contribution is 2.38. The number of rotatable bonds is 7. The first-order valence-electron chi connectivity index (χ1n) is 9.53. The molecular weight excluding hydrogens is 436 g/mol. The molecule has 1 saturated carbocycles. The van der Waals surface area contributed by atoms with E-state index in [-0.39, 0.29) is 17.9 Å². The zero-order valence-electron chi connectivity index (χ0n) is 16.1. The van der Waals surface area contributed by atoms with Crippen LogP contribution in [0.3, 0.4) is 0 Å². The summed E-state index contributed by atoms with van der Waals surface area (Å²) < 4.78 is 12.1. The molecule has 1 amide bonds. The molecule has 1 aliphatic carbocycles. The van der Waals surface area contributed by atoms with E-state index in [9.17, 15) is 4.79 Å². The minimum atomic E-state index is -0.360. The Labute approximate surface area is 177 Å². The lowest BCUT2D eigenvalue weighted by atomic mass is 10.0. The van der Waals surface area contributed by atoms with E-state index in [1.807, 2.05) is 38.1 Å². The van der Waals surface area contributed by atoms with Gasteiger partial charge < -0.3 is 14.6 Å². The summed E-state index contributed by atoms with van der Waals surface area (Å²) >= 11 is 3.38. The van der Waals surface area contributed by atoms with Gasteiger partial charge in [-0.3, -0.25) is 4.79 Å². The maximum atomic E-state index is 12.7. The predicted molar refractivity (Wildman–Crippen MR) is 110 cm³/mol. The highest BCUT2D eigenvalue weighted by atomic mass is 79.9. The Balaban J connectivity index is 1.42. The number of nitrogens with zero attached hydrogens (tertiary/aromatic N) is 3. The van der Waals surface area contributed by atoms with Crippen molar-refractivity contribution in [2.75, 3.05) is 0 Å². The van der Waals surface area contributed by atoms with E-state index >= 15 is 0 Å². The van der Waals surface area contributed by atoms with Gasteiger partial charge in [0, 0.05) is 22.7 Å². The van der Waals surface area contributed by atoms with Crippen molar-refractivity contribution in [3.8, 4) is 11.6 Å². The zero-order chi connectivity index (χ0) is 20.4. The lowest BCUT2D eigenvalue weighted by molar-refractivity contribution is 0.0913. The van der Waals surface area contributed by atoms with Crippen LogP contribution in [0.15, 0.2) is 51.6 Å². The molecule has 3 aromatic rings. The van der Waals surface area contributed by atoms with Crippen LogP contribution >= 0.6 is 15.9 Å². The monoisotopic (exact) mass is 456 g/mol. The Morgan fingerprint density at radius 3 is 2.59 bits per heavy atom. The second kappa shape index (κ2) is 8.32. The Morgan fingerprint density at radius 1 is 1.21 bits per heavy atom. The summed E-state index contributed by atoms with van der Waals surface area (Å²) in [5.41, 5.74) is 0.431. The molecule has 150 valence electrons. The van der Waals surface area contributed by atoms with Gasteiger partial charge in [0.1, 0.15) is 11.8 Å². The maximum Gasteiger partial charge on any atom is 0.253 e. The molecule has 1 atom stereocenters. The Hall–Kier alpha value is -2.74. The Kier molecular flexibility index (Phi) is 5.62. The molecule has 0 spiro atoms. The number of ether oxygens (including phenoxy) is 1. The fraction of sp³-hybridized carbons (Fsp3) is 0.333. The summed E-state index contributed by atoms with van der Waals surface area (Å²) in [7, 11) is 0. The third-order valence-corrected chi connectivity index (χ3v) is 5.18. The van der Waals surface area contributed by atoms with Crippen LogP contribution in [-0.4, -0.2) is 21.0 Å². The second-order valence-corrected chi connectivity index (χ2v) is 8.32. The van der Waals surface area contributed by atoms with Crippen LogP contribution in [0.25, 0.3) is 0 Å². The largest absolute Gasteiger partial charge is 0.439 e. The van der Waals surface area contributed by atoms with Gasteiger partial charge in [-0.2, -0.15) is 4.98 Å². The minimum absolute atomic E-state index is 0.0967. The van der Waals surface area contributed by atoms with Crippen LogP contribution in [-0.2, 0) is 0 Å². The molecular formula is C21H21BrN4O3. The van der Waals surface area contributed by atoms with E-state index in [1.165, 1.54) is 6.20 Å². The van der Waals surface area contributed by atoms with Crippen molar-refractivity contribution < 1.29 is 14.1 Å². The summed E-state index contributed by atoms with van der Waals surface area (Å²) in [6.07, 6.45) is 3.68. The number of amides is 1. The van der Waals surface area contributed by atoms with Crippen molar-refractivity contribution in [3.05, 3.63) is 64.3 Å². The predicted octanol–water partition coefficient (Wildman–Crippen LogP) is 5.02. The Morgan fingerprint density at radius 2 is 1.97 bits per heavy atom. The summed E-state index contributed by atoms with van der Waals surface area (Å²) in [4.78, 5) is 21.4. The Bertz CT molecular complexity index is 982. The van der Waals surface area contributed by atoms with E-state index < -0.39 is 0 Å². The molecule has 4 rings (SSSR count). The highest BCUT2D eigenvalue weighted by Gasteiger charge is 2.31. The summed E-state index contributed by atoms with van der Waals surface area (Å²) in [6.45, 7) is 4.00. The van der Waals surface area contributed by atoms with Gasteiger partial charge in [0.2, 0.25) is 11.8 Å². The van der Waals surface area contributed by atoms with Gasteiger partial charge in [-0.25, -0.2) is 4.98 Å². The van der Waals surface area contributed by atoms with Crippen molar-refractivity contribution in [1.29, 1.82) is 0 Å². The van der Waals surface area contributed by atoms with Gasteiger partial charge in [0.05, 0.1) is 5.56 Å². The molecule has 0 aliphatic heterocycles. The first-order chi connectivity index (χ1) is 14.0. The van der Waals surface area contributed by atoms with Crippen molar-refractivity contribution in [1.82, 2.24) is 20.4 Å². The van der Waals surface area contributed by atoms with Crippen LogP contribution < -0.4 is 10.1 Å². The van der Waals surface area contributed by atoms with E-state index in [1.54, 1.807) is 12.1 Å². The van der Waals surface area contributed by atoms with Gasteiger partial charge in [-0.1, -0.05) is 34.9 Å². The number of hydrogen-bond donors (Lipinski definition) is 1. The lowest BCUT2D eigenvalue weighted by Crippen LogP contribution is -2.32.